The van der Waals surface area contributed by atoms with E-state index in [1.807, 2.05) is 5.32 Å². The highest BCUT2D eigenvalue weighted by molar-refractivity contribution is 5.96. The molecule has 0 bridgehead atoms. The van der Waals surface area contributed by atoms with Crippen LogP contribution >= 0.6 is 0 Å². The minimum Gasteiger partial charge on any atom is -0.481 e. The van der Waals surface area contributed by atoms with Crippen molar-refractivity contribution in [3.05, 3.63) is 29.6 Å². The molecule has 0 saturated heterocycles. The molecule has 2 unspecified atom stereocenters. The molecule has 6 nitrogen and oxygen atoms in total. The molecule has 1 aliphatic carbocycles. The Morgan fingerprint density at radius 1 is 1.14 bits per heavy atom. The number of anilines is 1. The first-order chi connectivity index (χ1) is 10.3. The van der Waals surface area contributed by atoms with Crippen LogP contribution in [0.3, 0.4) is 0 Å². The van der Waals surface area contributed by atoms with Crippen LogP contribution in [0.15, 0.2) is 12.1 Å². The average Bonchev–Trinajstić information content (AvgIpc) is 3.26. The molecule has 0 spiro atoms. The molecule has 9 heteroatoms. The van der Waals surface area contributed by atoms with Gasteiger partial charge in [-0.1, -0.05) is 0 Å². The number of carbonyl (C=O) groups is 3. The lowest BCUT2D eigenvalue weighted by Gasteiger charge is -2.08. The maximum atomic E-state index is 13.3. The predicted octanol–water partition coefficient (Wildman–Crippen LogP) is 0.879. The molecule has 1 saturated carbocycles. The highest BCUT2D eigenvalue weighted by Crippen LogP contribution is 2.38. The Labute approximate surface area is 122 Å². The summed E-state index contributed by atoms with van der Waals surface area (Å²) in [4.78, 5) is 33.6. The summed E-state index contributed by atoms with van der Waals surface area (Å²) in [5, 5.41) is 12.8. The van der Waals surface area contributed by atoms with Crippen LogP contribution in [0.4, 0.5) is 18.9 Å². The Hall–Kier alpha value is -2.58. The normalized spacial score (nSPS) is 19.4. The van der Waals surface area contributed by atoms with Gasteiger partial charge in [0.05, 0.1) is 24.1 Å². The van der Waals surface area contributed by atoms with E-state index in [9.17, 15) is 27.6 Å². The number of hydrogen-bond donors (Lipinski definition) is 3. The second-order valence-corrected chi connectivity index (χ2v) is 4.78. The maximum absolute atomic E-state index is 13.3. The molecule has 1 aromatic rings. The van der Waals surface area contributed by atoms with Gasteiger partial charge in [0.15, 0.2) is 17.5 Å². The number of amides is 2. The van der Waals surface area contributed by atoms with Gasteiger partial charge in [-0.2, -0.15) is 0 Å². The molecule has 1 fully saturated rings. The van der Waals surface area contributed by atoms with Gasteiger partial charge in [-0.15, -0.1) is 0 Å². The molecule has 2 amide bonds. The molecule has 2 rings (SSSR count). The van der Waals surface area contributed by atoms with Gasteiger partial charge in [-0.25, -0.2) is 13.2 Å². The summed E-state index contributed by atoms with van der Waals surface area (Å²) >= 11 is 0. The third-order valence-corrected chi connectivity index (χ3v) is 3.18. The fourth-order valence-corrected chi connectivity index (χ4v) is 1.87. The van der Waals surface area contributed by atoms with Crippen LogP contribution in [0.2, 0.25) is 0 Å². The van der Waals surface area contributed by atoms with Gasteiger partial charge in [0, 0.05) is 0 Å². The third-order valence-electron chi connectivity index (χ3n) is 3.18. The SMILES string of the molecule is O=C(CNC(=O)C1CC1C(=O)O)Nc1ccc(F)c(F)c1F. The number of rotatable bonds is 5. The third kappa shape index (κ3) is 3.35. The summed E-state index contributed by atoms with van der Waals surface area (Å²) in [6.45, 7) is -0.542. The van der Waals surface area contributed by atoms with Gasteiger partial charge < -0.3 is 15.7 Å². The van der Waals surface area contributed by atoms with Crippen LogP contribution in [0, 0.1) is 29.3 Å². The number of carboxylic acid groups (broad SMARTS) is 1. The van der Waals surface area contributed by atoms with E-state index in [1.165, 1.54) is 0 Å². The highest BCUT2D eigenvalue weighted by atomic mass is 19.2. The molecule has 1 aromatic carbocycles. The predicted molar refractivity (Wildman–Crippen MR) is 67.2 cm³/mol. The maximum Gasteiger partial charge on any atom is 0.307 e. The van der Waals surface area contributed by atoms with E-state index in [2.05, 4.69) is 5.32 Å². The summed E-state index contributed by atoms with van der Waals surface area (Å²) in [6.07, 6.45) is 0.195. The van der Waals surface area contributed by atoms with E-state index < -0.39 is 59.3 Å². The van der Waals surface area contributed by atoms with Crippen LogP contribution in [0.5, 0.6) is 0 Å². The van der Waals surface area contributed by atoms with E-state index in [4.69, 9.17) is 5.11 Å². The smallest absolute Gasteiger partial charge is 0.307 e. The summed E-state index contributed by atoms with van der Waals surface area (Å²) < 4.78 is 39.0. The standard InChI is InChI=1S/C13H11F3N2O4/c14-7-1-2-8(11(16)10(7)15)18-9(19)4-17-12(20)5-3-6(5)13(21)22/h1-2,5-6H,3-4H2,(H,17,20)(H,18,19)(H,21,22). The number of hydrogen-bond acceptors (Lipinski definition) is 3. The fourth-order valence-electron chi connectivity index (χ4n) is 1.87. The minimum absolute atomic E-state index is 0.195. The molecule has 1 aliphatic rings. The molecule has 3 N–H and O–H groups in total. The highest BCUT2D eigenvalue weighted by Gasteiger charge is 2.48. The van der Waals surface area contributed by atoms with Crippen LogP contribution < -0.4 is 10.6 Å². The van der Waals surface area contributed by atoms with Gasteiger partial charge in [0.25, 0.3) is 0 Å². The summed E-state index contributed by atoms with van der Waals surface area (Å²) in [6, 6.07) is 1.49. The summed E-state index contributed by atoms with van der Waals surface area (Å²) in [5.74, 6) is -8.65. The van der Waals surface area contributed by atoms with Crippen molar-refractivity contribution >= 4 is 23.5 Å². The molecule has 2 atom stereocenters. The zero-order chi connectivity index (χ0) is 16.4. The van der Waals surface area contributed by atoms with Crippen molar-refractivity contribution in [1.82, 2.24) is 5.32 Å². The van der Waals surface area contributed by atoms with Crippen molar-refractivity contribution in [2.24, 2.45) is 11.8 Å². The average molecular weight is 316 g/mol. The first-order valence-corrected chi connectivity index (χ1v) is 6.25. The molecule has 0 heterocycles. The van der Waals surface area contributed by atoms with Crippen molar-refractivity contribution in [2.45, 2.75) is 6.42 Å². The lowest BCUT2D eigenvalue weighted by Crippen LogP contribution is -2.34. The van der Waals surface area contributed by atoms with E-state index in [0.29, 0.717) is 6.07 Å². The summed E-state index contributed by atoms with van der Waals surface area (Å²) in [5.41, 5.74) is -0.562. The lowest BCUT2D eigenvalue weighted by atomic mass is 10.2. The second-order valence-electron chi connectivity index (χ2n) is 4.78. The van der Waals surface area contributed by atoms with Gasteiger partial charge >= 0.3 is 5.97 Å². The Bertz CT molecular complexity index is 650. The Kier molecular flexibility index (Phi) is 4.34. The Balaban J connectivity index is 1.85. The number of aliphatic carboxylic acids is 1. The van der Waals surface area contributed by atoms with Crippen molar-refractivity contribution in [2.75, 3.05) is 11.9 Å². The van der Waals surface area contributed by atoms with E-state index in [-0.39, 0.29) is 6.42 Å². The van der Waals surface area contributed by atoms with Crippen LogP contribution in [0.1, 0.15) is 6.42 Å². The number of carbonyl (C=O) groups excluding carboxylic acids is 2. The molecule has 22 heavy (non-hydrogen) atoms. The quantitative estimate of drug-likeness (QED) is 0.703. The van der Waals surface area contributed by atoms with Crippen molar-refractivity contribution in [3.8, 4) is 0 Å². The fraction of sp³-hybridized carbons (Fsp3) is 0.308. The van der Waals surface area contributed by atoms with Crippen LogP contribution in [-0.2, 0) is 14.4 Å². The monoisotopic (exact) mass is 316 g/mol. The number of nitrogens with one attached hydrogen (secondary N) is 2. The van der Waals surface area contributed by atoms with E-state index >= 15 is 0 Å². The lowest BCUT2D eigenvalue weighted by molar-refractivity contribution is -0.140. The van der Waals surface area contributed by atoms with Gasteiger partial charge in [-0.3, -0.25) is 14.4 Å². The second kappa shape index (κ2) is 6.04. The van der Waals surface area contributed by atoms with E-state index in [1.54, 1.807) is 0 Å². The summed E-state index contributed by atoms with van der Waals surface area (Å²) in [7, 11) is 0. The first kappa shape index (κ1) is 15.8. The molecular formula is C13H11F3N2O4. The van der Waals surface area contributed by atoms with Crippen LogP contribution in [0.25, 0.3) is 0 Å². The molecule has 0 aliphatic heterocycles. The Morgan fingerprint density at radius 2 is 1.82 bits per heavy atom. The topological polar surface area (TPSA) is 95.5 Å². The van der Waals surface area contributed by atoms with Gasteiger partial charge in [0.2, 0.25) is 11.8 Å². The Morgan fingerprint density at radius 3 is 2.41 bits per heavy atom. The van der Waals surface area contributed by atoms with Crippen molar-refractivity contribution in [1.29, 1.82) is 0 Å². The molecule has 0 radical (unpaired) electrons. The minimum atomic E-state index is -1.72. The zero-order valence-electron chi connectivity index (χ0n) is 11.0. The molecule has 0 aromatic heterocycles. The number of benzene rings is 1. The van der Waals surface area contributed by atoms with Gasteiger partial charge in [0.1, 0.15) is 0 Å². The van der Waals surface area contributed by atoms with Crippen molar-refractivity contribution < 1.29 is 32.7 Å². The molecular weight excluding hydrogens is 305 g/mol. The van der Waals surface area contributed by atoms with Gasteiger partial charge in [-0.05, 0) is 18.6 Å². The largest absolute Gasteiger partial charge is 0.481 e. The zero-order valence-corrected chi connectivity index (χ0v) is 11.0. The number of halogens is 3. The van der Waals surface area contributed by atoms with E-state index in [0.717, 1.165) is 6.07 Å². The van der Waals surface area contributed by atoms with Crippen LogP contribution in [-0.4, -0.2) is 29.4 Å². The van der Waals surface area contributed by atoms with Crippen molar-refractivity contribution in [3.63, 3.8) is 0 Å². The first-order valence-electron chi connectivity index (χ1n) is 6.25. The number of carboxylic acids is 1. The molecule has 118 valence electrons.